The lowest BCUT2D eigenvalue weighted by Gasteiger charge is -2.13. The molecule has 0 aliphatic carbocycles. The van der Waals surface area contributed by atoms with Crippen LogP contribution in [0.3, 0.4) is 0 Å². The van der Waals surface area contributed by atoms with Gasteiger partial charge in [-0.3, -0.25) is 4.79 Å². The number of aliphatic hydroxyl groups is 1. The van der Waals surface area contributed by atoms with Crippen LogP contribution in [0.4, 0.5) is 0 Å². The summed E-state index contributed by atoms with van der Waals surface area (Å²) in [5, 5.41) is 8.81. The first kappa shape index (κ1) is 16.5. The van der Waals surface area contributed by atoms with Gasteiger partial charge < -0.3 is 14.6 Å². The molecule has 4 nitrogen and oxygen atoms in total. The summed E-state index contributed by atoms with van der Waals surface area (Å²) in [6.07, 6.45) is 3.15. The summed E-state index contributed by atoms with van der Waals surface area (Å²) < 4.78 is 10.9. The molecule has 0 amide bonds. The van der Waals surface area contributed by atoms with Gasteiger partial charge in [0.2, 0.25) is 0 Å². The minimum absolute atomic E-state index is 0.0230. The number of ether oxygens (including phenoxy) is 2. The number of carbonyl (C=O) groups is 1. The lowest BCUT2D eigenvalue weighted by molar-refractivity contribution is -0.133. The van der Waals surface area contributed by atoms with E-state index in [1.165, 1.54) is 5.56 Å². The van der Waals surface area contributed by atoms with E-state index in [4.69, 9.17) is 14.6 Å². The molecule has 0 radical (unpaired) electrons. The Morgan fingerprint density at radius 3 is 2.67 bits per heavy atom. The van der Waals surface area contributed by atoms with Crippen LogP contribution in [0.25, 0.3) is 0 Å². The molecule has 0 spiro atoms. The van der Waals surface area contributed by atoms with Crippen LogP contribution >= 0.6 is 0 Å². The van der Waals surface area contributed by atoms with Crippen molar-refractivity contribution >= 4 is 5.97 Å². The number of benzene rings is 2. The predicted molar refractivity (Wildman–Crippen MR) is 91.6 cm³/mol. The van der Waals surface area contributed by atoms with Gasteiger partial charge in [-0.15, -0.1) is 0 Å². The summed E-state index contributed by atoms with van der Waals surface area (Å²) in [4.78, 5) is 12.4. The summed E-state index contributed by atoms with van der Waals surface area (Å²) in [5.74, 6) is 0.760. The number of unbranched alkanes of at least 4 members (excludes halogenated alkanes) is 1. The van der Waals surface area contributed by atoms with Gasteiger partial charge in [-0.2, -0.15) is 0 Å². The highest BCUT2D eigenvalue weighted by Crippen LogP contribution is 2.42. The monoisotopic (exact) mass is 326 g/mol. The van der Waals surface area contributed by atoms with Gasteiger partial charge in [0.1, 0.15) is 24.0 Å². The number of aryl methyl sites for hydroxylation is 1. The average molecular weight is 326 g/mol. The second-order valence-electron chi connectivity index (χ2n) is 5.93. The van der Waals surface area contributed by atoms with Gasteiger partial charge in [-0.05, 0) is 42.2 Å². The van der Waals surface area contributed by atoms with Crippen molar-refractivity contribution in [3.63, 3.8) is 0 Å². The van der Waals surface area contributed by atoms with Crippen LogP contribution in [-0.2, 0) is 11.2 Å². The average Bonchev–Trinajstić information content (AvgIpc) is 2.95. The van der Waals surface area contributed by atoms with Crippen molar-refractivity contribution in [3.05, 3.63) is 59.2 Å². The largest absolute Gasteiger partial charge is 0.491 e. The number of hydrogen-bond acceptors (Lipinski definition) is 4. The summed E-state index contributed by atoms with van der Waals surface area (Å²) in [6, 6.07) is 13.3. The van der Waals surface area contributed by atoms with Gasteiger partial charge in [0.05, 0.1) is 6.61 Å². The van der Waals surface area contributed by atoms with Gasteiger partial charge >= 0.3 is 5.97 Å². The molecule has 2 aromatic rings. The molecule has 0 bridgehead atoms. The molecule has 1 heterocycles. The summed E-state index contributed by atoms with van der Waals surface area (Å²) in [7, 11) is 0. The second kappa shape index (κ2) is 7.49. The smallest absolute Gasteiger partial charge is 0.323 e. The van der Waals surface area contributed by atoms with E-state index in [2.05, 4.69) is 13.0 Å². The van der Waals surface area contributed by atoms with E-state index >= 15 is 0 Å². The number of hydrogen-bond donors (Lipinski definition) is 1. The third-order valence-corrected chi connectivity index (χ3v) is 4.26. The quantitative estimate of drug-likeness (QED) is 0.625. The van der Waals surface area contributed by atoms with Crippen LogP contribution in [-0.4, -0.2) is 24.3 Å². The summed E-state index contributed by atoms with van der Waals surface area (Å²) in [6.45, 7) is 2.40. The molecule has 2 aromatic carbocycles. The van der Waals surface area contributed by atoms with E-state index < -0.39 is 0 Å². The SMILES string of the molecule is CCCCc1cccc2c1C(c1ccc(OCCO)cc1)C(=O)O2. The Kier molecular flexibility index (Phi) is 5.16. The van der Waals surface area contributed by atoms with Crippen molar-refractivity contribution in [1.82, 2.24) is 0 Å². The first-order valence-corrected chi connectivity index (χ1v) is 8.41. The molecule has 126 valence electrons. The van der Waals surface area contributed by atoms with Crippen LogP contribution in [0.15, 0.2) is 42.5 Å². The highest BCUT2D eigenvalue weighted by atomic mass is 16.5. The lowest BCUT2D eigenvalue weighted by Crippen LogP contribution is -2.12. The standard InChI is InChI=1S/C20H22O4/c1-2-3-5-14-6-4-7-17-18(14)19(20(22)24-17)15-8-10-16(11-9-15)23-13-12-21/h4,6-11,19,21H,2-3,5,12-13H2,1H3. The number of carbonyl (C=O) groups excluding carboxylic acids is 1. The minimum atomic E-state index is -0.375. The predicted octanol–water partition coefficient (Wildman–Crippen LogP) is 3.45. The Bertz CT molecular complexity index is 706. The van der Waals surface area contributed by atoms with Crippen molar-refractivity contribution in [2.75, 3.05) is 13.2 Å². The third-order valence-electron chi connectivity index (χ3n) is 4.26. The van der Waals surface area contributed by atoms with Gasteiger partial charge in [-0.25, -0.2) is 0 Å². The fourth-order valence-electron chi connectivity index (χ4n) is 3.10. The molecular weight excluding hydrogens is 304 g/mol. The maximum absolute atomic E-state index is 12.4. The van der Waals surface area contributed by atoms with Crippen LogP contribution in [0.1, 0.15) is 42.4 Å². The van der Waals surface area contributed by atoms with Gasteiger partial charge in [-0.1, -0.05) is 37.6 Å². The molecule has 1 aliphatic heterocycles. The number of rotatable bonds is 7. The summed E-state index contributed by atoms with van der Waals surface area (Å²) >= 11 is 0. The zero-order valence-electron chi connectivity index (χ0n) is 13.8. The van der Waals surface area contributed by atoms with E-state index in [1.54, 1.807) is 0 Å². The number of fused-ring (bicyclic) bond motifs is 1. The Labute approximate surface area is 142 Å². The Morgan fingerprint density at radius 1 is 1.17 bits per heavy atom. The van der Waals surface area contributed by atoms with E-state index in [-0.39, 0.29) is 25.1 Å². The maximum Gasteiger partial charge on any atom is 0.323 e. The van der Waals surface area contributed by atoms with Crippen molar-refractivity contribution < 1.29 is 19.4 Å². The van der Waals surface area contributed by atoms with Crippen LogP contribution < -0.4 is 9.47 Å². The van der Waals surface area contributed by atoms with Crippen molar-refractivity contribution in [3.8, 4) is 11.5 Å². The maximum atomic E-state index is 12.4. The fourth-order valence-corrected chi connectivity index (χ4v) is 3.10. The fraction of sp³-hybridized carbons (Fsp3) is 0.350. The molecule has 1 atom stereocenters. The molecule has 0 saturated heterocycles. The zero-order chi connectivity index (χ0) is 16.9. The zero-order valence-corrected chi connectivity index (χ0v) is 13.8. The highest BCUT2D eigenvalue weighted by molar-refractivity contribution is 5.90. The minimum Gasteiger partial charge on any atom is -0.491 e. The van der Waals surface area contributed by atoms with E-state index in [0.717, 1.165) is 30.4 Å². The number of aliphatic hydroxyl groups excluding tert-OH is 1. The molecule has 0 aromatic heterocycles. The van der Waals surface area contributed by atoms with Gasteiger partial charge in [0.15, 0.2) is 0 Å². The molecule has 1 N–H and O–H groups in total. The van der Waals surface area contributed by atoms with E-state index in [9.17, 15) is 4.79 Å². The van der Waals surface area contributed by atoms with E-state index in [1.807, 2.05) is 36.4 Å². The van der Waals surface area contributed by atoms with Crippen LogP contribution in [0.2, 0.25) is 0 Å². The van der Waals surface area contributed by atoms with Gasteiger partial charge in [0, 0.05) is 5.56 Å². The molecule has 4 heteroatoms. The molecule has 1 aliphatic rings. The van der Waals surface area contributed by atoms with E-state index in [0.29, 0.717) is 11.5 Å². The molecule has 0 saturated carbocycles. The Hall–Kier alpha value is -2.33. The third kappa shape index (κ3) is 3.29. The normalized spacial score (nSPS) is 15.9. The Balaban J connectivity index is 1.91. The van der Waals surface area contributed by atoms with Crippen LogP contribution in [0, 0.1) is 0 Å². The summed E-state index contributed by atoms with van der Waals surface area (Å²) in [5.41, 5.74) is 3.09. The molecular formula is C20H22O4. The van der Waals surface area contributed by atoms with Crippen molar-refractivity contribution in [1.29, 1.82) is 0 Å². The number of esters is 1. The molecule has 0 fully saturated rings. The van der Waals surface area contributed by atoms with Crippen molar-refractivity contribution in [2.45, 2.75) is 32.1 Å². The first-order valence-electron chi connectivity index (χ1n) is 8.41. The van der Waals surface area contributed by atoms with Crippen LogP contribution in [0.5, 0.6) is 11.5 Å². The topological polar surface area (TPSA) is 55.8 Å². The molecule has 1 unspecified atom stereocenters. The first-order chi connectivity index (χ1) is 11.7. The lowest BCUT2D eigenvalue weighted by atomic mass is 9.87. The molecule has 3 rings (SSSR count). The van der Waals surface area contributed by atoms with Gasteiger partial charge in [0.25, 0.3) is 0 Å². The molecule has 24 heavy (non-hydrogen) atoms. The Morgan fingerprint density at radius 2 is 1.96 bits per heavy atom. The van der Waals surface area contributed by atoms with Crippen molar-refractivity contribution in [2.24, 2.45) is 0 Å². The highest BCUT2D eigenvalue weighted by Gasteiger charge is 2.36. The second-order valence-corrected chi connectivity index (χ2v) is 5.93.